The second-order valence-electron chi connectivity index (χ2n) is 3.54. The fourth-order valence-electron chi connectivity index (χ4n) is 1.49. The number of aromatic nitrogens is 2. The highest BCUT2D eigenvalue weighted by Crippen LogP contribution is 2.22. The van der Waals surface area contributed by atoms with Gasteiger partial charge in [-0.2, -0.15) is 0 Å². The smallest absolute Gasteiger partial charge is 0.0897 e. The summed E-state index contributed by atoms with van der Waals surface area (Å²) in [4.78, 5) is 8.57. The molecule has 84 valence electrons. The van der Waals surface area contributed by atoms with Crippen molar-refractivity contribution in [3.63, 3.8) is 0 Å². The van der Waals surface area contributed by atoms with Gasteiger partial charge in [-0.25, -0.2) is 4.98 Å². The molecule has 0 aliphatic rings. The van der Waals surface area contributed by atoms with Crippen LogP contribution in [0.2, 0.25) is 5.02 Å². The summed E-state index contributed by atoms with van der Waals surface area (Å²) in [5.74, 6) is 0. The number of nitrogens with zero attached hydrogens (tertiary/aromatic N) is 2. The monoisotopic (exact) mass is 253 g/mol. The zero-order chi connectivity index (χ0) is 11.5. The third-order valence-electron chi connectivity index (χ3n) is 2.23. The van der Waals surface area contributed by atoms with Crippen molar-refractivity contribution in [2.75, 3.05) is 0 Å². The Balaban J connectivity index is 2.14. The highest BCUT2D eigenvalue weighted by Gasteiger charge is 2.13. The summed E-state index contributed by atoms with van der Waals surface area (Å²) >= 11 is 7.66. The van der Waals surface area contributed by atoms with E-state index in [0.717, 1.165) is 16.4 Å². The molecule has 2 N–H and O–H groups in total. The van der Waals surface area contributed by atoms with Crippen molar-refractivity contribution in [2.24, 2.45) is 5.73 Å². The first-order chi connectivity index (χ1) is 7.66. The van der Waals surface area contributed by atoms with Gasteiger partial charge < -0.3 is 5.73 Å². The Labute approximate surface area is 103 Å². The number of thiazole rings is 1. The number of aryl methyl sites for hydroxylation is 1. The molecule has 1 atom stereocenters. The van der Waals surface area contributed by atoms with Gasteiger partial charge in [-0.15, -0.1) is 11.3 Å². The number of hydrogen-bond donors (Lipinski definition) is 1. The summed E-state index contributed by atoms with van der Waals surface area (Å²) < 4.78 is 0. The molecule has 5 heteroatoms. The third kappa shape index (κ3) is 2.58. The van der Waals surface area contributed by atoms with Crippen molar-refractivity contribution >= 4 is 22.9 Å². The molecule has 3 nitrogen and oxygen atoms in total. The molecule has 2 heterocycles. The Morgan fingerprint density at radius 1 is 1.56 bits per heavy atom. The first kappa shape index (κ1) is 11.5. The molecule has 2 rings (SSSR count). The van der Waals surface area contributed by atoms with Gasteiger partial charge >= 0.3 is 0 Å². The van der Waals surface area contributed by atoms with Gasteiger partial charge in [0, 0.05) is 18.0 Å². The third-order valence-corrected chi connectivity index (χ3v) is 3.38. The van der Waals surface area contributed by atoms with Gasteiger partial charge in [0.25, 0.3) is 0 Å². The maximum absolute atomic E-state index is 6.05. The SMILES string of the molecule is Cc1nc(CC(N)c2ncccc2Cl)cs1. The van der Waals surface area contributed by atoms with Crippen LogP contribution in [0.5, 0.6) is 0 Å². The molecule has 2 aromatic heterocycles. The fraction of sp³-hybridized carbons (Fsp3) is 0.273. The second-order valence-corrected chi connectivity index (χ2v) is 5.01. The van der Waals surface area contributed by atoms with Gasteiger partial charge in [0.2, 0.25) is 0 Å². The number of rotatable bonds is 3. The van der Waals surface area contributed by atoms with Crippen LogP contribution in [-0.4, -0.2) is 9.97 Å². The van der Waals surface area contributed by atoms with Crippen LogP contribution in [0.4, 0.5) is 0 Å². The normalized spacial score (nSPS) is 12.7. The van der Waals surface area contributed by atoms with E-state index in [1.54, 1.807) is 29.7 Å². The molecule has 0 aliphatic carbocycles. The lowest BCUT2D eigenvalue weighted by atomic mass is 10.1. The van der Waals surface area contributed by atoms with Crippen LogP contribution in [0.3, 0.4) is 0 Å². The summed E-state index contributed by atoms with van der Waals surface area (Å²) in [6.07, 6.45) is 2.37. The van der Waals surface area contributed by atoms with Gasteiger partial charge in [-0.3, -0.25) is 4.98 Å². The van der Waals surface area contributed by atoms with E-state index in [-0.39, 0.29) is 6.04 Å². The first-order valence-electron chi connectivity index (χ1n) is 4.94. The standard InChI is InChI=1S/C11H12ClN3S/c1-7-15-8(6-16-7)5-10(13)11-9(12)3-2-4-14-11/h2-4,6,10H,5,13H2,1H3. The van der Waals surface area contributed by atoms with Crippen molar-refractivity contribution in [1.82, 2.24) is 9.97 Å². The second kappa shape index (κ2) is 4.91. The van der Waals surface area contributed by atoms with Crippen LogP contribution in [-0.2, 0) is 6.42 Å². The highest BCUT2D eigenvalue weighted by molar-refractivity contribution is 7.09. The highest BCUT2D eigenvalue weighted by atomic mass is 35.5. The minimum absolute atomic E-state index is 0.199. The van der Waals surface area contributed by atoms with Crippen LogP contribution in [0, 0.1) is 6.92 Å². The molecule has 0 fully saturated rings. The molecule has 0 spiro atoms. The predicted octanol–water partition coefficient (Wildman–Crippen LogP) is 2.74. The number of halogens is 1. The molecule has 0 aliphatic heterocycles. The Morgan fingerprint density at radius 2 is 2.38 bits per heavy atom. The van der Waals surface area contributed by atoms with Crippen LogP contribution in [0.1, 0.15) is 22.4 Å². The van der Waals surface area contributed by atoms with Gasteiger partial charge in [-0.1, -0.05) is 11.6 Å². The molecule has 0 bridgehead atoms. The molecule has 0 saturated heterocycles. The van der Waals surface area contributed by atoms with E-state index in [9.17, 15) is 0 Å². The van der Waals surface area contributed by atoms with E-state index in [0.29, 0.717) is 11.4 Å². The van der Waals surface area contributed by atoms with Crippen molar-refractivity contribution in [3.05, 3.63) is 45.1 Å². The summed E-state index contributed by atoms with van der Waals surface area (Å²) in [6.45, 7) is 1.98. The fourth-order valence-corrected chi connectivity index (χ4v) is 2.38. The largest absolute Gasteiger partial charge is 0.322 e. The molecule has 0 amide bonds. The Bertz CT molecular complexity index is 484. The van der Waals surface area contributed by atoms with E-state index in [4.69, 9.17) is 17.3 Å². The Hall–Kier alpha value is -0.970. The summed E-state index contributed by atoms with van der Waals surface area (Å²) in [5.41, 5.74) is 7.78. The lowest BCUT2D eigenvalue weighted by molar-refractivity contribution is 0.685. The molecule has 0 radical (unpaired) electrons. The lowest BCUT2D eigenvalue weighted by Gasteiger charge is -2.10. The van der Waals surface area contributed by atoms with Crippen molar-refractivity contribution in [2.45, 2.75) is 19.4 Å². The summed E-state index contributed by atoms with van der Waals surface area (Å²) in [7, 11) is 0. The Kier molecular flexibility index (Phi) is 3.53. The first-order valence-corrected chi connectivity index (χ1v) is 6.19. The molecular formula is C11H12ClN3S. The predicted molar refractivity (Wildman–Crippen MR) is 66.7 cm³/mol. The van der Waals surface area contributed by atoms with Crippen LogP contribution in [0.15, 0.2) is 23.7 Å². The zero-order valence-electron chi connectivity index (χ0n) is 8.85. The maximum Gasteiger partial charge on any atom is 0.0897 e. The van der Waals surface area contributed by atoms with Gasteiger partial charge in [0.1, 0.15) is 0 Å². The summed E-state index contributed by atoms with van der Waals surface area (Å²) in [6, 6.07) is 3.40. The number of pyridine rings is 1. The van der Waals surface area contributed by atoms with Gasteiger partial charge in [0.15, 0.2) is 0 Å². The lowest BCUT2D eigenvalue weighted by Crippen LogP contribution is -2.15. The minimum Gasteiger partial charge on any atom is -0.322 e. The maximum atomic E-state index is 6.05. The molecule has 0 aromatic carbocycles. The van der Waals surface area contributed by atoms with Crippen LogP contribution < -0.4 is 5.73 Å². The minimum atomic E-state index is -0.199. The number of nitrogens with two attached hydrogens (primary N) is 1. The zero-order valence-corrected chi connectivity index (χ0v) is 10.4. The molecule has 1 unspecified atom stereocenters. The average Bonchev–Trinajstić information content (AvgIpc) is 2.64. The molecular weight excluding hydrogens is 242 g/mol. The van der Waals surface area contributed by atoms with Crippen molar-refractivity contribution in [3.8, 4) is 0 Å². The van der Waals surface area contributed by atoms with Crippen LogP contribution >= 0.6 is 22.9 Å². The van der Waals surface area contributed by atoms with E-state index in [1.807, 2.05) is 12.3 Å². The van der Waals surface area contributed by atoms with Crippen molar-refractivity contribution in [1.29, 1.82) is 0 Å². The van der Waals surface area contributed by atoms with E-state index in [1.165, 1.54) is 0 Å². The topological polar surface area (TPSA) is 51.8 Å². The molecule has 2 aromatic rings. The van der Waals surface area contributed by atoms with Gasteiger partial charge in [0.05, 0.1) is 27.5 Å². The van der Waals surface area contributed by atoms with Gasteiger partial charge in [-0.05, 0) is 19.1 Å². The van der Waals surface area contributed by atoms with E-state index >= 15 is 0 Å². The van der Waals surface area contributed by atoms with E-state index in [2.05, 4.69) is 9.97 Å². The molecule has 0 saturated carbocycles. The quantitative estimate of drug-likeness (QED) is 0.915. The number of hydrogen-bond acceptors (Lipinski definition) is 4. The average molecular weight is 254 g/mol. The van der Waals surface area contributed by atoms with Crippen LogP contribution in [0.25, 0.3) is 0 Å². The van der Waals surface area contributed by atoms with Crippen molar-refractivity contribution < 1.29 is 0 Å². The Morgan fingerprint density at radius 3 is 3.00 bits per heavy atom. The summed E-state index contributed by atoms with van der Waals surface area (Å²) in [5, 5.41) is 3.68. The van der Waals surface area contributed by atoms with E-state index < -0.39 is 0 Å². The molecule has 16 heavy (non-hydrogen) atoms.